The van der Waals surface area contributed by atoms with E-state index in [2.05, 4.69) is 5.32 Å². The van der Waals surface area contributed by atoms with Gasteiger partial charge in [-0.3, -0.25) is 4.79 Å². The van der Waals surface area contributed by atoms with Crippen LogP contribution >= 0.6 is 0 Å². The van der Waals surface area contributed by atoms with Crippen LogP contribution in [0.3, 0.4) is 0 Å². The lowest BCUT2D eigenvalue weighted by Crippen LogP contribution is -2.16. The number of methoxy groups -OCH3 is 1. The second kappa shape index (κ2) is 5.64. The second-order valence-electron chi connectivity index (χ2n) is 5.35. The van der Waals surface area contributed by atoms with Gasteiger partial charge in [-0.15, -0.1) is 0 Å². The monoisotopic (exact) mass is 325 g/mol. The minimum Gasteiger partial charge on any atom is -0.500 e. The van der Waals surface area contributed by atoms with Crippen molar-refractivity contribution in [1.29, 1.82) is 0 Å². The molecule has 0 radical (unpaired) electrons. The number of hydrogen-bond acceptors (Lipinski definition) is 4. The zero-order valence-electron chi connectivity index (χ0n) is 12.2. The van der Waals surface area contributed by atoms with Gasteiger partial charge in [0.05, 0.1) is 18.2 Å². The molecule has 122 valence electrons. The first-order valence-corrected chi connectivity index (χ1v) is 7.04. The molecule has 23 heavy (non-hydrogen) atoms. The second-order valence-corrected chi connectivity index (χ2v) is 5.35. The number of allylic oxidation sites excluding steroid dienone is 1. The fourth-order valence-electron chi connectivity index (χ4n) is 2.25. The number of benzene rings is 1. The molecule has 0 unspecified atom stereocenters. The van der Waals surface area contributed by atoms with Gasteiger partial charge in [-0.25, -0.2) is 0 Å². The van der Waals surface area contributed by atoms with Crippen LogP contribution in [0.1, 0.15) is 24.0 Å². The highest BCUT2D eigenvalue weighted by Gasteiger charge is 2.37. The summed E-state index contributed by atoms with van der Waals surface area (Å²) in [5.74, 6) is -0.377. The molecular weight excluding hydrogens is 311 g/mol. The van der Waals surface area contributed by atoms with Gasteiger partial charge in [0.1, 0.15) is 6.26 Å². The highest BCUT2D eigenvalue weighted by molar-refractivity contribution is 6.30. The molecule has 2 aliphatic rings. The number of carbonyl (C=O) groups is 1. The van der Waals surface area contributed by atoms with Crippen molar-refractivity contribution in [3.63, 3.8) is 0 Å². The van der Waals surface area contributed by atoms with Gasteiger partial charge in [0.25, 0.3) is 0 Å². The van der Waals surface area contributed by atoms with Crippen molar-refractivity contribution in [2.45, 2.75) is 25.1 Å². The van der Waals surface area contributed by atoms with Crippen molar-refractivity contribution in [1.82, 2.24) is 5.32 Å². The smallest absolute Gasteiger partial charge is 0.416 e. The Morgan fingerprint density at radius 2 is 2.09 bits per heavy atom. The molecule has 1 fully saturated rings. The standard InChI is InChI=1S/C16H14F3NO3/c1-22-8-12-14(21)13(15(23-12)20-11-5-6-11)9-3-2-4-10(7-9)16(17,18)19/h2-4,7-8,11,20H,5-6H2,1H3. The fourth-order valence-corrected chi connectivity index (χ4v) is 2.25. The van der Waals surface area contributed by atoms with Crippen LogP contribution in [0.4, 0.5) is 13.2 Å². The van der Waals surface area contributed by atoms with Gasteiger partial charge in [-0.1, -0.05) is 12.1 Å². The molecule has 1 aromatic carbocycles. The lowest BCUT2D eigenvalue weighted by Gasteiger charge is -2.10. The highest BCUT2D eigenvalue weighted by Crippen LogP contribution is 2.36. The summed E-state index contributed by atoms with van der Waals surface area (Å²) in [5.41, 5.74) is -0.566. The summed E-state index contributed by atoms with van der Waals surface area (Å²) in [6.45, 7) is 0. The van der Waals surface area contributed by atoms with E-state index in [-0.39, 0.29) is 28.8 Å². The maximum absolute atomic E-state index is 12.9. The highest BCUT2D eigenvalue weighted by atomic mass is 19.4. The van der Waals surface area contributed by atoms with Gasteiger partial charge in [-0.2, -0.15) is 13.2 Å². The van der Waals surface area contributed by atoms with Crippen LogP contribution in [0.2, 0.25) is 0 Å². The Kier molecular flexibility index (Phi) is 3.79. The molecule has 1 saturated carbocycles. The number of carbonyl (C=O) groups excluding carboxylic acids is 1. The average molecular weight is 325 g/mol. The molecule has 0 spiro atoms. The van der Waals surface area contributed by atoms with E-state index in [1.807, 2.05) is 0 Å². The largest absolute Gasteiger partial charge is 0.500 e. The Morgan fingerprint density at radius 3 is 2.70 bits per heavy atom. The molecule has 4 nitrogen and oxygen atoms in total. The van der Waals surface area contributed by atoms with E-state index in [9.17, 15) is 18.0 Å². The molecule has 1 aliphatic carbocycles. The summed E-state index contributed by atoms with van der Waals surface area (Å²) < 4.78 is 48.9. The molecule has 0 atom stereocenters. The zero-order valence-corrected chi connectivity index (χ0v) is 12.2. The van der Waals surface area contributed by atoms with E-state index in [4.69, 9.17) is 9.47 Å². The molecule has 1 heterocycles. The number of rotatable bonds is 4. The van der Waals surface area contributed by atoms with E-state index >= 15 is 0 Å². The van der Waals surface area contributed by atoms with Crippen molar-refractivity contribution in [3.05, 3.63) is 53.3 Å². The SMILES string of the molecule is COC=C1OC(NC2CC2)=C(c2cccc(C(F)(F)F)c2)C1=O. The minimum absolute atomic E-state index is 0.0527. The van der Waals surface area contributed by atoms with Gasteiger partial charge >= 0.3 is 6.18 Å². The van der Waals surface area contributed by atoms with Crippen molar-refractivity contribution in [2.24, 2.45) is 0 Å². The first kappa shape index (κ1) is 15.5. The summed E-state index contributed by atoms with van der Waals surface area (Å²) in [7, 11) is 1.36. The first-order valence-electron chi connectivity index (χ1n) is 7.04. The molecule has 1 N–H and O–H groups in total. The van der Waals surface area contributed by atoms with Gasteiger partial charge in [-0.05, 0) is 30.5 Å². The van der Waals surface area contributed by atoms with Crippen LogP contribution in [-0.2, 0) is 20.4 Å². The minimum atomic E-state index is -4.48. The van der Waals surface area contributed by atoms with Crippen LogP contribution in [0.5, 0.6) is 0 Å². The Morgan fingerprint density at radius 1 is 1.35 bits per heavy atom. The molecule has 3 rings (SSSR count). The van der Waals surface area contributed by atoms with E-state index in [1.54, 1.807) is 0 Å². The van der Waals surface area contributed by atoms with Crippen LogP contribution in [0.15, 0.2) is 42.2 Å². The maximum Gasteiger partial charge on any atom is 0.416 e. The summed E-state index contributed by atoms with van der Waals surface area (Å²) in [6.07, 6.45) is -1.48. The first-order chi connectivity index (χ1) is 10.9. The Labute approximate surface area is 130 Å². The molecule has 0 bridgehead atoms. The third kappa shape index (κ3) is 3.18. The Hall–Kier alpha value is -2.44. The quantitative estimate of drug-likeness (QED) is 0.682. The van der Waals surface area contributed by atoms with E-state index in [1.165, 1.54) is 19.2 Å². The number of ether oxygens (including phenoxy) is 2. The van der Waals surface area contributed by atoms with Gasteiger partial charge in [0, 0.05) is 6.04 Å². The summed E-state index contributed by atoms with van der Waals surface area (Å²) in [5, 5.41) is 3.04. The van der Waals surface area contributed by atoms with Crippen LogP contribution < -0.4 is 5.32 Å². The lowest BCUT2D eigenvalue weighted by molar-refractivity contribution is -0.137. The van der Waals surface area contributed by atoms with Crippen molar-refractivity contribution < 1.29 is 27.4 Å². The Balaban J connectivity index is 2.02. The number of Topliss-reactive ketones (excluding diaryl/α,β-unsaturated/α-hetero) is 1. The lowest BCUT2D eigenvalue weighted by atomic mass is 10.00. The van der Waals surface area contributed by atoms with Crippen molar-refractivity contribution in [3.8, 4) is 0 Å². The van der Waals surface area contributed by atoms with Gasteiger partial charge in [0.15, 0.2) is 0 Å². The number of ketones is 1. The summed E-state index contributed by atoms with van der Waals surface area (Å²) >= 11 is 0. The average Bonchev–Trinajstić information content (AvgIpc) is 3.24. The molecule has 1 aromatic rings. The van der Waals surface area contributed by atoms with E-state index in [0.717, 1.165) is 31.2 Å². The van der Waals surface area contributed by atoms with Gasteiger partial charge < -0.3 is 14.8 Å². The van der Waals surface area contributed by atoms with Crippen LogP contribution in [0, 0.1) is 0 Å². The molecule has 0 saturated heterocycles. The fraction of sp³-hybridized carbons (Fsp3) is 0.312. The predicted molar refractivity (Wildman–Crippen MR) is 75.7 cm³/mol. The number of hydrogen-bond donors (Lipinski definition) is 1. The maximum atomic E-state index is 12.9. The normalized spacial score (nSPS) is 20.0. The molecule has 1 aliphatic heterocycles. The Bertz CT molecular complexity index is 703. The number of alkyl halides is 3. The van der Waals surface area contributed by atoms with E-state index < -0.39 is 17.5 Å². The zero-order chi connectivity index (χ0) is 16.6. The molecule has 7 heteroatoms. The third-order valence-corrected chi connectivity index (χ3v) is 3.51. The molecule has 0 amide bonds. The summed E-state index contributed by atoms with van der Waals surface area (Å²) in [4.78, 5) is 12.4. The molecule has 0 aromatic heterocycles. The van der Waals surface area contributed by atoms with Gasteiger partial charge in [0.2, 0.25) is 17.4 Å². The summed E-state index contributed by atoms with van der Waals surface area (Å²) in [6, 6.07) is 4.81. The third-order valence-electron chi connectivity index (χ3n) is 3.51. The van der Waals surface area contributed by atoms with Crippen LogP contribution in [0.25, 0.3) is 5.57 Å². The van der Waals surface area contributed by atoms with Crippen LogP contribution in [-0.4, -0.2) is 18.9 Å². The number of nitrogens with one attached hydrogen (secondary N) is 1. The van der Waals surface area contributed by atoms with Crippen molar-refractivity contribution in [2.75, 3.05) is 7.11 Å². The number of halogens is 3. The topological polar surface area (TPSA) is 47.6 Å². The van der Waals surface area contributed by atoms with Crippen molar-refractivity contribution >= 4 is 11.4 Å². The predicted octanol–water partition coefficient (Wildman–Crippen LogP) is 3.21. The molecular formula is C16H14F3NO3. The van der Waals surface area contributed by atoms with E-state index in [0.29, 0.717) is 0 Å².